The van der Waals surface area contributed by atoms with Crippen molar-refractivity contribution in [3.05, 3.63) is 54.2 Å². The summed E-state index contributed by atoms with van der Waals surface area (Å²) < 4.78 is 12.6. The zero-order valence-electron chi connectivity index (χ0n) is 18.9. The largest absolute Gasteiger partial charge is 0.454 e. The Morgan fingerprint density at radius 3 is 2.91 bits per heavy atom. The minimum absolute atomic E-state index is 0.0255. The molecule has 1 N–H and O–H groups in total. The Labute approximate surface area is 192 Å². The summed E-state index contributed by atoms with van der Waals surface area (Å²) in [6, 6.07) is 7.89. The number of benzene rings is 1. The highest BCUT2D eigenvalue weighted by molar-refractivity contribution is 5.77. The number of aromatic nitrogens is 4. The molecule has 1 atom stereocenters. The van der Waals surface area contributed by atoms with Crippen molar-refractivity contribution in [2.45, 2.75) is 51.6 Å². The Morgan fingerprint density at radius 1 is 1.21 bits per heavy atom. The summed E-state index contributed by atoms with van der Waals surface area (Å²) >= 11 is 0. The molecule has 172 valence electrons. The second-order valence-corrected chi connectivity index (χ2v) is 8.73. The highest BCUT2D eigenvalue weighted by atomic mass is 16.7. The van der Waals surface area contributed by atoms with Gasteiger partial charge in [-0.15, -0.1) is 0 Å². The number of anilines is 1. The number of fused-ring (bicyclic) bond motifs is 1. The first-order valence-corrected chi connectivity index (χ1v) is 11.4. The van der Waals surface area contributed by atoms with Crippen LogP contribution in [0.25, 0.3) is 5.95 Å². The molecule has 1 unspecified atom stereocenters. The molecule has 2 aliphatic rings. The van der Waals surface area contributed by atoms with Crippen LogP contribution in [0.5, 0.6) is 11.5 Å². The van der Waals surface area contributed by atoms with E-state index in [1.54, 1.807) is 12.5 Å². The van der Waals surface area contributed by atoms with Crippen molar-refractivity contribution < 1.29 is 14.3 Å². The van der Waals surface area contributed by atoms with E-state index in [0.29, 0.717) is 18.9 Å². The van der Waals surface area contributed by atoms with Crippen molar-refractivity contribution in [3.8, 4) is 17.4 Å². The van der Waals surface area contributed by atoms with Gasteiger partial charge in [0.15, 0.2) is 11.5 Å². The van der Waals surface area contributed by atoms with E-state index < -0.39 is 0 Å². The Bertz CT molecular complexity index is 1130. The number of imidazole rings is 1. The van der Waals surface area contributed by atoms with Gasteiger partial charge >= 0.3 is 0 Å². The Hall–Kier alpha value is -3.62. The second kappa shape index (κ2) is 9.09. The van der Waals surface area contributed by atoms with Gasteiger partial charge in [0.05, 0.1) is 5.69 Å². The SMILES string of the molecule is CC(C)c1cc(N2CCCC2CC(=O)NCc2ccc3c(c2)OCO3)nc(-n2ccnc2)n1. The maximum atomic E-state index is 12.8. The molecule has 0 bridgehead atoms. The topological polar surface area (TPSA) is 94.4 Å². The average molecular weight is 449 g/mol. The molecule has 4 heterocycles. The van der Waals surface area contributed by atoms with Gasteiger partial charge in [-0.2, -0.15) is 4.98 Å². The van der Waals surface area contributed by atoms with Crippen molar-refractivity contribution in [2.24, 2.45) is 0 Å². The fraction of sp³-hybridized carbons (Fsp3) is 0.417. The van der Waals surface area contributed by atoms with Gasteiger partial charge in [0, 0.05) is 44.0 Å². The van der Waals surface area contributed by atoms with E-state index in [-0.39, 0.29) is 24.7 Å². The van der Waals surface area contributed by atoms with Gasteiger partial charge in [-0.05, 0) is 36.5 Å². The molecule has 5 rings (SSSR count). The van der Waals surface area contributed by atoms with Gasteiger partial charge in [0.1, 0.15) is 12.1 Å². The number of nitrogens with zero attached hydrogens (tertiary/aromatic N) is 5. The number of rotatable bonds is 7. The van der Waals surface area contributed by atoms with Gasteiger partial charge in [0.2, 0.25) is 18.6 Å². The highest BCUT2D eigenvalue weighted by Gasteiger charge is 2.29. The van der Waals surface area contributed by atoms with E-state index in [1.165, 1.54) is 0 Å². The summed E-state index contributed by atoms with van der Waals surface area (Å²) in [7, 11) is 0. The summed E-state index contributed by atoms with van der Waals surface area (Å²) in [6.45, 7) is 5.81. The summed E-state index contributed by atoms with van der Waals surface area (Å²) in [5, 5.41) is 3.05. The summed E-state index contributed by atoms with van der Waals surface area (Å²) in [4.78, 5) is 28.7. The maximum Gasteiger partial charge on any atom is 0.237 e. The first-order valence-electron chi connectivity index (χ1n) is 11.4. The third-order valence-corrected chi connectivity index (χ3v) is 6.07. The zero-order chi connectivity index (χ0) is 22.8. The molecule has 0 saturated carbocycles. The predicted molar refractivity (Wildman–Crippen MR) is 123 cm³/mol. The maximum absolute atomic E-state index is 12.8. The summed E-state index contributed by atoms with van der Waals surface area (Å²) in [5.41, 5.74) is 1.96. The monoisotopic (exact) mass is 448 g/mol. The molecule has 1 fully saturated rings. The molecular formula is C24H28N6O3. The Kier molecular flexibility index (Phi) is 5.85. The lowest BCUT2D eigenvalue weighted by Gasteiger charge is -2.26. The quantitative estimate of drug-likeness (QED) is 0.593. The number of nitrogens with one attached hydrogen (secondary N) is 1. The lowest BCUT2D eigenvalue weighted by molar-refractivity contribution is -0.121. The molecule has 2 aromatic heterocycles. The van der Waals surface area contributed by atoms with Crippen LogP contribution in [0.1, 0.15) is 50.3 Å². The average Bonchev–Trinajstić information content (AvgIpc) is 3.59. The van der Waals surface area contributed by atoms with E-state index >= 15 is 0 Å². The molecule has 1 amide bonds. The van der Waals surface area contributed by atoms with Gasteiger partial charge in [0.25, 0.3) is 0 Å². The molecule has 1 aromatic carbocycles. The standard InChI is InChI=1S/C24H28N6O3/c1-16(2)19-12-22(28-24(27-19)29-9-7-25-14-29)30-8-3-4-18(30)11-23(31)26-13-17-5-6-20-21(10-17)33-15-32-20/h5-7,9-10,12,14,16,18H,3-4,8,11,13,15H2,1-2H3,(H,26,31). The zero-order valence-corrected chi connectivity index (χ0v) is 18.9. The van der Waals surface area contributed by atoms with Gasteiger partial charge in [-0.25, -0.2) is 9.97 Å². The number of carbonyl (C=O) groups is 1. The summed E-state index contributed by atoms with van der Waals surface area (Å²) in [6.07, 6.45) is 7.67. The third-order valence-electron chi connectivity index (χ3n) is 6.07. The van der Waals surface area contributed by atoms with Crippen LogP contribution >= 0.6 is 0 Å². The molecule has 0 spiro atoms. The molecule has 2 aliphatic heterocycles. The first kappa shape index (κ1) is 21.2. The Balaban J connectivity index is 1.27. The molecular weight excluding hydrogens is 420 g/mol. The van der Waals surface area contributed by atoms with Crippen molar-refractivity contribution in [1.29, 1.82) is 0 Å². The minimum atomic E-state index is 0.0255. The van der Waals surface area contributed by atoms with Crippen LogP contribution in [0, 0.1) is 0 Å². The van der Waals surface area contributed by atoms with Crippen molar-refractivity contribution in [1.82, 2.24) is 24.8 Å². The van der Waals surface area contributed by atoms with Crippen molar-refractivity contribution >= 4 is 11.7 Å². The van der Waals surface area contributed by atoms with E-state index in [4.69, 9.17) is 19.4 Å². The minimum Gasteiger partial charge on any atom is -0.454 e. The number of hydrogen-bond acceptors (Lipinski definition) is 7. The van der Waals surface area contributed by atoms with Crippen LogP contribution < -0.4 is 19.7 Å². The van der Waals surface area contributed by atoms with Crippen LogP contribution in [0.3, 0.4) is 0 Å². The van der Waals surface area contributed by atoms with E-state index in [1.807, 2.05) is 35.0 Å². The first-order chi connectivity index (χ1) is 16.1. The van der Waals surface area contributed by atoms with Crippen molar-refractivity contribution in [2.75, 3.05) is 18.2 Å². The molecule has 3 aromatic rings. The second-order valence-electron chi connectivity index (χ2n) is 8.73. The number of hydrogen-bond donors (Lipinski definition) is 1. The van der Waals surface area contributed by atoms with E-state index in [0.717, 1.165) is 48.0 Å². The van der Waals surface area contributed by atoms with Gasteiger partial charge < -0.3 is 19.7 Å². The number of ether oxygens (including phenoxy) is 2. The fourth-order valence-corrected chi connectivity index (χ4v) is 4.26. The molecule has 0 aliphatic carbocycles. The number of amides is 1. The predicted octanol–water partition coefficient (Wildman–Crippen LogP) is 3.19. The summed E-state index contributed by atoms with van der Waals surface area (Å²) in [5.74, 6) is 3.22. The van der Waals surface area contributed by atoms with E-state index in [9.17, 15) is 4.79 Å². The fourth-order valence-electron chi connectivity index (χ4n) is 4.26. The molecule has 9 nitrogen and oxygen atoms in total. The third kappa shape index (κ3) is 4.62. The van der Waals surface area contributed by atoms with Crippen LogP contribution in [0.15, 0.2) is 43.0 Å². The lowest BCUT2D eigenvalue weighted by atomic mass is 10.1. The lowest BCUT2D eigenvalue weighted by Crippen LogP contribution is -2.36. The molecule has 33 heavy (non-hydrogen) atoms. The van der Waals surface area contributed by atoms with Crippen molar-refractivity contribution in [3.63, 3.8) is 0 Å². The van der Waals surface area contributed by atoms with Gasteiger partial charge in [-0.1, -0.05) is 19.9 Å². The van der Waals surface area contributed by atoms with Gasteiger partial charge in [-0.3, -0.25) is 9.36 Å². The Morgan fingerprint density at radius 2 is 2.09 bits per heavy atom. The molecule has 0 radical (unpaired) electrons. The highest BCUT2D eigenvalue weighted by Crippen LogP contribution is 2.32. The number of carbonyl (C=O) groups excluding carboxylic acids is 1. The van der Waals surface area contributed by atoms with Crippen LogP contribution in [0.2, 0.25) is 0 Å². The molecule has 1 saturated heterocycles. The molecule has 9 heteroatoms. The normalized spacial score (nSPS) is 17.1. The van der Waals surface area contributed by atoms with Crippen LogP contribution in [-0.2, 0) is 11.3 Å². The smallest absolute Gasteiger partial charge is 0.237 e. The van der Waals surface area contributed by atoms with E-state index in [2.05, 4.69) is 29.0 Å². The van der Waals surface area contributed by atoms with Crippen LogP contribution in [0.4, 0.5) is 5.82 Å². The van der Waals surface area contributed by atoms with Crippen LogP contribution in [-0.4, -0.2) is 44.8 Å².